The SMILES string of the molecule is Cc1nc(Nc2nc(CSc3ccc(C4CCC4)cn3)cc(=O)[nH]2)nc2ccccc12. The van der Waals surface area contributed by atoms with Crippen molar-refractivity contribution in [3.63, 3.8) is 0 Å². The second-order valence-corrected chi connectivity index (χ2v) is 8.70. The molecule has 7 nitrogen and oxygen atoms in total. The van der Waals surface area contributed by atoms with Gasteiger partial charge in [0.25, 0.3) is 5.56 Å². The highest BCUT2D eigenvalue weighted by atomic mass is 32.2. The quantitative estimate of drug-likeness (QED) is 0.427. The molecule has 0 spiro atoms. The Bertz CT molecular complexity index is 1280. The van der Waals surface area contributed by atoms with Gasteiger partial charge in [0, 0.05) is 23.4 Å². The van der Waals surface area contributed by atoms with Gasteiger partial charge in [0.05, 0.1) is 21.9 Å². The maximum Gasteiger partial charge on any atom is 0.252 e. The molecular formula is C23H22N6OS. The van der Waals surface area contributed by atoms with Crippen molar-refractivity contribution in [1.82, 2.24) is 24.9 Å². The topological polar surface area (TPSA) is 96.5 Å². The Morgan fingerprint density at radius 3 is 2.77 bits per heavy atom. The molecule has 5 rings (SSSR count). The predicted octanol–water partition coefficient (Wildman–Crippen LogP) is 4.72. The number of aryl methyl sites for hydroxylation is 1. The van der Waals surface area contributed by atoms with Crippen molar-refractivity contribution in [3.8, 4) is 0 Å². The second kappa shape index (κ2) is 8.47. The van der Waals surface area contributed by atoms with E-state index in [4.69, 9.17) is 0 Å². The monoisotopic (exact) mass is 430 g/mol. The van der Waals surface area contributed by atoms with E-state index in [0.717, 1.165) is 21.6 Å². The molecule has 0 bridgehead atoms. The molecule has 0 unspecified atom stereocenters. The van der Waals surface area contributed by atoms with Crippen LogP contribution in [0.15, 0.2) is 58.5 Å². The third kappa shape index (κ3) is 4.44. The lowest BCUT2D eigenvalue weighted by atomic mass is 9.81. The summed E-state index contributed by atoms with van der Waals surface area (Å²) >= 11 is 1.56. The van der Waals surface area contributed by atoms with Crippen molar-refractivity contribution in [3.05, 3.63) is 76.0 Å². The first kappa shape index (κ1) is 19.7. The highest BCUT2D eigenvalue weighted by Gasteiger charge is 2.19. The van der Waals surface area contributed by atoms with E-state index < -0.39 is 0 Å². The van der Waals surface area contributed by atoms with Crippen LogP contribution in [0.4, 0.5) is 11.9 Å². The maximum atomic E-state index is 12.1. The molecule has 0 amide bonds. The van der Waals surface area contributed by atoms with Crippen LogP contribution in [-0.4, -0.2) is 24.9 Å². The number of aromatic amines is 1. The van der Waals surface area contributed by atoms with Crippen LogP contribution in [0.5, 0.6) is 0 Å². The van der Waals surface area contributed by atoms with Crippen LogP contribution in [0, 0.1) is 6.92 Å². The number of hydrogen-bond donors (Lipinski definition) is 2. The Kier molecular flexibility index (Phi) is 5.38. The normalized spacial score (nSPS) is 13.8. The van der Waals surface area contributed by atoms with E-state index >= 15 is 0 Å². The second-order valence-electron chi connectivity index (χ2n) is 7.71. The van der Waals surface area contributed by atoms with Gasteiger partial charge in [0.15, 0.2) is 0 Å². The first-order chi connectivity index (χ1) is 15.1. The van der Waals surface area contributed by atoms with Crippen LogP contribution in [0.1, 0.15) is 42.1 Å². The largest absolute Gasteiger partial charge is 0.294 e. The Hall–Kier alpha value is -3.26. The van der Waals surface area contributed by atoms with E-state index in [1.807, 2.05) is 37.4 Å². The molecule has 1 aliphatic rings. The Morgan fingerprint density at radius 2 is 2.00 bits per heavy atom. The number of benzene rings is 1. The number of nitrogens with one attached hydrogen (secondary N) is 2. The summed E-state index contributed by atoms with van der Waals surface area (Å²) in [5.74, 6) is 1.95. The van der Waals surface area contributed by atoms with Crippen molar-refractivity contribution in [2.24, 2.45) is 0 Å². The summed E-state index contributed by atoms with van der Waals surface area (Å²) in [6.45, 7) is 1.93. The number of aromatic nitrogens is 5. The zero-order valence-electron chi connectivity index (χ0n) is 17.1. The van der Waals surface area contributed by atoms with Crippen LogP contribution in [0.2, 0.25) is 0 Å². The summed E-state index contributed by atoms with van der Waals surface area (Å²) < 4.78 is 0. The molecule has 0 atom stereocenters. The molecule has 0 aliphatic heterocycles. The number of fused-ring (bicyclic) bond motifs is 1. The van der Waals surface area contributed by atoms with Gasteiger partial charge in [0.2, 0.25) is 11.9 Å². The smallest absolute Gasteiger partial charge is 0.252 e. The number of para-hydroxylation sites is 1. The molecule has 3 heterocycles. The fourth-order valence-electron chi connectivity index (χ4n) is 3.65. The highest BCUT2D eigenvalue weighted by Crippen LogP contribution is 2.36. The molecular weight excluding hydrogens is 408 g/mol. The molecule has 0 saturated heterocycles. The van der Waals surface area contributed by atoms with Crippen molar-refractivity contribution in [2.45, 2.75) is 42.9 Å². The van der Waals surface area contributed by atoms with Gasteiger partial charge >= 0.3 is 0 Å². The van der Waals surface area contributed by atoms with Crippen molar-refractivity contribution < 1.29 is 0 Å². The Morgan fingerprint density at radius 1 is 1.13 bits per heavy atom. The highest BCUT2D eigenvalue weighted by molar-refractivity contribution is 7.98. The number of H-pyrrole nitrogens is 1. The van der Waals surface area contributed by atoms with Crippen LogP contribution in [0.25, 0.3) is 10.9 Å². The summed E-state index contributed by atoms with van der Waals surface area (Å²) in [4.78, 5) is 33.0. The molecule has 0 radical (unpaired) electrons. The lowest BCUT2D eigenvalue weighted by molar-refractivity contribution is 0.418. The van der Waals surface area contributed by atoms with Crippen LogP contribution < -0.4 is 10.9 Å². The predicted molar refractivity (Wildman–Crippen MR) is 123 cm³/mol. The van der Waals surface area contributed by atoms with E-state index in [-0.39, 0.29) is 5.56 Å². The van der Waals surface area contributed by atoms with Gasteiger partial charge in [-0.25, -0.2) is 19.9 Å². The van der Waals surface area contributed by atoms with Gasteiger partial charge in [-0.1, -0.05) is 30.7 Å². The van der Waals surface area contributed by atoms with E-state index in [1.54, 1.807) is 11.8 Å². The number of rotatable bonds is 6. The standard InChI is InChI=1S/C23H22N6OS/c1-14-18-7-2-3-8-19(18)27-22(25-14)29-23-26-17(11-20(30)28-23)13-31-21-10-9-16(12-24-21)15-5-4-6-15/h2-3,7-12,15H,4-6,13H2,1H3,(H2,25,26,27,28,29,30). The number of nitrogens with zero attached hydrogens (tertiary/aromatic N) is 4. The number of hydrogen-bond acceptors (Lipinski definition) is 7. The van der Waals surface area contributed by atoms with Gasteiger partial charge in [-0.2, -0.15) is 0 Å². The number of thioether (sulfide) groups is 1. The molecule has 31 heavy (non-hydrogen) atoms. The minimum absolute atomic E-state index is 0.223. The molecule has 1 aromatic carbocycles. The fourth-order valence-corrected chi connectivity index (χ4v) is 4.38. The lowest BCUT2D eigenvalue weighted by Gasteiger charge is -2.25. The van der Waals surface area contributed by atoms with Gasteiger partial charge in [0.1, 0.15) is 0 Å². The first-order valence-electron chi connectivity index (χ1n) is 10.3. The Labute approximate surface area is 183 Å². The van der Waals surface area contributed by atoms with Crippen molar-refractivity contribution in [1.29, 1.82) is 0 Å². The first-order valence-corrected chi connectivity index (χ1v) is 11.3. The molecule has 1 saturated carbocycles. The average molecular weight is 431 g/mol. The average Bonchev–Trinajstić information content (AvgIpc) is 2.72. The summed E-state index contributed by atoms with van der Waals surface area (Å²) in [5, 5.41) is 4.96. The molecule has 156 valence electrons. The minimum atomic E-state index is -0.223. The Balaban J connectivity index is 1.30. The third-order valence-corrected chi connectivity index (χ3v) is 6.50. The third-order valence-electron chi connectivity index (χ3n) is 5.52. The van der Waals surface area contributed by atoms with Crippen molar-refractivity contribution in [2.75, 3.05) is 5.32 Å². The molecule has 2 N–H and O–H groups in total. The zero-order valence-corrected chi connectivity index (χ0v) is 17.9. The minimum Gasteiger partial charge on any atom is -0.294 e. The van der Waals surface area contributed by atoms with Crippen LogP contribution in [0.3, 0.4) is 0 Å². The van der Waals surface area contributed by atoms with Gasteiger partial charge < -0.3 is 0 Å². The van der Waals surface area contributed by atoms with Gasteiger partial charge in [-0.3, -0.25) is 15.1 Å². The van der Waals surface area contributed by atoms with Gasteiger partial charge in [-0.05, 0) is 43.4 Å². The summed E-state index contributed by atoms with van der Waals surface area (Å²) in [6, 6.07) is 13.5. The molecule has 1 aliphatic carbocycles. The van der Waals surface area contributed by atoms with E-state index in [0.29, 0.717) is 29.3 Å². The number of pyridine rings is 1. The maximum absolute atomic E-state index is 12.1. The number of anilines is 2. The van der Waals surface area contributed by atoms with Crippen molar-refractivity contribution >= 4 is 34.6 Å². The fraction of sp³-hybridized carbons (Fsp3) is 0.261. The van der Waals surface area contributed by atoms with Crippen LogP contribution >= 0.6 is 11.8 Å². The summed E-state index contributed by atoms with van der Waals surface area (Å²) in [7, 11) is 0. The molecule has 4 aromatic rings. The summed E-state index contributed by atoms with van der Waals surface area (Å²) in [5.41, 5.74) is 3.46. The van der Waals surface area contributed by atoms with E-state index in [9.17, 15) is 4.79 Å². The van der Waals surface area contributed by atoms with Gasteiger partial charge in [-0.15, -0.1) is 11.8 Å². The molecule has 3 aromatic heterocycles. The van der Waals surface area contributed by atoms with E-state index in [2.05, 4.69) is 42.4 Å². The van der Waals surface area contributed by atoms with E-state index in [1.165, 1.54) is 30.9 Å². The molecule has 1 fully saturated rings. The molecule has 8 heteroatoms. The van der Waals surface area contributed by atoms with Crippen LogP contribution in [-0.2, 0) is 5.75 Å². The summed E-state index contributed by atoms with van der Waals surface area (Å²) in [6.07, 6.45) is 5.82. The lowest BCUT2D eigenvalue weighted by Crippen LogP contribution is -2.13. The zero-order chi connectivity index (χ0) is 21.2.